The van der Waals surface area contributed by atoms with Crippen molar-refractivity contribution < 1.29 is 13.9 Å². The number of benzene rings is 1. The molecule has 0 saturated heterocycles. The topological polar surface area (TPSA) is 26.3 Å². The van der Waals surface area contributed by atoms with Crippen LogP contribution in [-0.4, -0.2) is 13.4 Å². The third-order valence-corrected chi connectivity index (χ3v) is 2.33. The summed E-state index contributed by atoms with van der Waals surface area (Å²) in [5.74, 6) is -0.511. The van der Waals surface area contributed by atoms with Gasteiger partial charge in [-0.3, -0.25) is 4.79 Å². The van der Waals surface area contributed by atoms with Crippen LogP contribution in [0.4, 0.5) is 4.39 Å². The normalized spacial score (nSPS) is 11.4. The van der Waals surface area contributed by atoms with Gasteiger partial charge in [0.05, 0.1) is 11.2 Å². The molecule has 1 rings (SSSR count). The van der Waals surface area contributed by atoms with Crippen LogP contribution in [0.2, 0.25) is 0 Å². The van der Waals surface area contributed by atoms with Crippen LogP contribution < -0.4 is 0 Å². The van der Waals surface area contributed by atoms with E-state index in [2.05, 4.69) is 0 Å². The molecule has 76 valence electrons. The van der Waals surface area contributed by atoms with Gasteiger partial charge in [-0.25, -0.2) is 4.39 Å². The molecule has 0 aliphatic carbocycles. The summed E-state index contributed by atoms with van der Waals surface area (Å²) in [7, 11) is 1.56. The van der Waals surface area contributed by atoms with E-state index in [0.717, 1.165) is 0 Å². The quantitative estimate of drug-likeness (QED) is 0.694. The van der Waals surface area contributed by atoms with E-state index in [1.54, 1.807) is 13.2 Å². The molecule has 0 radical (unpaired) electrons. The van der Waals surface area contributed by atoms with Crippen LogP contribution in [0.3, 0.4) is 0 Å². The third kappa shape index (κ3) is 1.99. The minimum absolute atomic E-state index is 0.0700. The highest BCUT2D eigenvalue weighted by Gasteiger charge is 2.20. The Morgan fingerprint density at radius 3 is 2.50 bits per heavy atom. The SMILES string of the molecule is COC(C)(C)c1ccc(C=O)c(F)c1. The number of methoxy groups -OCH3 is 1. The fourth-order valence-electron chi connectivity index (χ4n) is 1.12. The van der Waals surface area contributed by atoms with E-state index in [1.807, 2.05) is 13.8 Å². The molecule has 0 fully saturated rings. The lowest BCUT2D eigenvalue weighted by Gasteiger charge is -2.23. The number of carbonyl (C=O) groups is 1. The molecular weight excluding hydrogens is 183 g/mol. The highest BCUT2D eigenvalue weighted by atomic mass is 19.1. The molecule has 2 nitrogen and oxygen atoms in total. The summed E-state index contributed by atoms with van der Waals surface area (Å²) < 4.78 is 18.4. The van der Waals surface area contributed by atoms with Crippen LogP contribution in [-0.2, 0) is 10.3 Å². The highest BCUT2D eigenvalue weighted by Crippen LogP contribution is 2.24. The molecule has 1 aromatic rings. The summed E-state index contributed by atoms with van der Waals surface area (Å²) in [6, 6.07) is 4.47. The van der Waals surface area contributed by atoms with E-state index < -0.39 is 11.4 Å². The zero-order valence-corrected chi connectivity index (χ0v) is 8.50. The van der Waals surface area contributed by atoms with Crippen molar-refractivity contribution in [3.63, 3.8) is 0 Å². The third-order valence-electron chi connectivity index (χ3n) is 2.33. The molecule has 0 saturated carbocycles. The minimum Gasteiger partial charge on any atom is -0.374 e. The maximum Gasteiger partial charge on any atom is 0.152 e. The van der Waals surface area contributed by atoms with Gasteiger partial charge in [0.25, 0.3) is 0 Å². The van der Waals surface area contributed by atoms with Crippen molar-refractivity contribution >= 4 is 6.29 Å². The van der Waals surface area contributed by atoms with Crippen LogP contribution in [0.5, 0.6) is 0 Å². The molecule has 0 N–H and O–H groups in total. The fourth-order valence-corrected chi connectivity index (χ4v) is 1.12. The Morgan fingerprint density at radius 1 is 1.43 bits per heavy atom. The average molecular weight is 196 g/mol. The molecule has 0 heterocycles. The van der Waals surface area contributed by atoms with Crippen molar-refractivity contribution in [1.29, 1.82) is 0 Å². The van der Waals surface area contributed by atoms with Crippen LogP contribution >= 0.6 is 0 Å². The molecule has 3 heteroatoms. The number of rotatable bonds is 3. The Kier molecular flexibility index (Phi) is 3.01. The first-order valence-electron chi connectivity index (χ1n) is 4.31. The van der Waals surface area contributed by atoms with Gasteiger partial charge in [0.1, 0.15) is 5.82 Å². The highest BCUT2D eigenvalue weighted by molar-refractivity contribution is 5.75. The van der Waals surface area contributed by atoms with E-state index >= 15 is 0 Å². The molecule has 14 heavy (non-hydrogen) atoms. The van der Waals surface area contributed by atoms with Gasteiger partial charge in [-0.2, -0.15) is 0 Å². The molecule has 0 amide bonds. The summed E-state index contributed by atoms with van der Waals surface area (Å²) >= 11 is 0. The van der Waals surface area contributed by atoms with Gasteiger partial charge in [-0.1, -0.05) is 6.07 Å². The van der Waals surface area contributed by atoms with Gasteiger partial charge in [0.15, 0.2) is 6.29 Å². The molecule has 0 aliphatic rings. The van der Waals surface area contributed by atoms with E-state index in [9.17, 15) is 9.18 Å². The summed E-state index contributed by atoms with van der Waals surface area (Å²) in [5, 5.41) is 0. The molecule has 0 spiro atoms. The maximum absolute atomic E-state index is 13.2. The van der Waals surface area contributed by atoms with Crippen molar-refractivity contribution in [2.45, 2.75) is 19.4 Å². The molecule has 0 aliphatic heterocycles. The molecule has 0 bridgehead atoms. The van der Waals surface area contributed by atoms with Gasteiger partial charge in [-0.05, 0) is 31.5 Å². The number of ether oxygens (including phenoxy) is 1. The summed E-state index contributed by atoms with van der Waals surface area (Å²) in [4.78, 5) is 10.4. The first kappa shape index (κ1) is 10.9. The number of halogens is 1. The molecule has 0 aromatic heterocycles. The number of aldehydes is 1. The maximum atomic E-state index is 13.2. The first-order valence-corrected chi connectivity index (χ1v) is 4.31. The van der Waals surface area contributed by atoms with Crippen molar-refractivity contribution in [3.8, 4) is 0 Å². The second-order valence-electron chi connectivity index (χ2n) is 3.57. The Balaban J connectivity index is 3.14. The van der Waals surface area contributed by atoms with Gasteiger partial charge in [-0.15, -0.1) is 0 Å². The standard InChI is InChI=1S/C11H13FO2/c1-11(2,14-3)9-5-4-8(7-13)10(12)6-9/h4-7H,1-3H3. The summed E-state index contributed by atoms with van der Waals surface area (Å²) in [6.07, 6.45) is 0.499. The smallest absolute Gasteiger partial charge is 0.152 e. The van der Waals surface area contributed by atoms with Crippen molar-refractivity contribution in [2.24, 2.45) is 0 Å². The lowest BCUT2D eigenvalue weighted by atomic mass is 9.97. The van der Waals surface area contributed by atoms with Gasteiger partial charge < -0.3 is 4.74 Å². The molecule has 0 unspecified atom stereocenters. The van der Waals surface area contributed by atoms with E-state index in [4.69, 9.17) is 4.74 Å². The zero-order chi connectivity index (χ0) is 10.8. The van der Waals surface area contributed by atoms with Crippen LogP contribution in [0.25, 0.3) is 0 Å². The summed E-state index contributed by atoms with van der Waals surface area (Å²) in [5.41, 5.74) is 0.242. The van der Waals surface area contributed by atoms with Gasteiger partial charge in [0, 0.05) is 7.11 Å². The van der Waals surface area contributed by atoms with Gasteiger partial charge >= 0.3 is 0 Å². The second-order valence-corrected chi connectivity index (χ2v) is 3.57. The Labute approximate surface area is 82.7 Å². The monoisotopic (exact) mass is 196 g/mol. The largest absolute Gasteiger partial charge is 0.374 e. The Bertz CT molecular complexity index is 345. The van der Waals surface area contributed by atoms with E-state index in [1.165, 1.54) is 12.1 Å². The Morgan fingerprint density at radius 2 is 2.07 bits per heavy atom. The lowest BCUT2D eigenvalue weighted by Crippen LogP contribution is -2.19. The molecule has 0 atom stereocenters. The predicted octanol–water partition coefficient (Wildman–Crippen LogP) is 2.52. The Hall–Kier alpha value is -1.22. The van der Waals surface area contributed by atoms with Crippen molar-refractivity contribution in [2.75, 3.05) is 7.11 Å². The average Bonchev–Trinajstić information content (AvgIpc) is 2.17. The van der Waals surface area contributed by atoms with Crippen molar-refractivity contribution in [3.05, 3.63) is 35.1 Å². The van der Waals surface area contributed by atoms with Crippen LogP contribution in [0.1, 0.15) is 29.8 Å². The second kappa shape index (κ2) is 3.88. The van der Waals surface area contributed by atoms with Crippen LogP contribution in [0.15, 0.2) is 18.2 Å². The number of hydrogen-bond donors (Lipinski definition) is 0. The summed E-state index contributed by atoms with van der Waals surface area (Å²) in [6.45, 7) is 3.67. The predicted molar refractivity (Wildman–Crippen MR) is 51.8 cm³/mol. The zero-order valence-electron chi connectivity index (χ0n) is 8.50. The van der Waals surface area contributed by atoms with E-state index in [0.29, 0.717) is 11.8 Å². The number of hydrogen-bond acceptors (Lipinski definition) is 2. The van der Waals surface area contributed by atoms with Gasteiger partial charge in [0.2, 0.25) is 0 Å². The lowest BCUT2D eigenvalue weighted by molar-refractivity contribution is 0.0189. The molecule has 1 aromatic carbocycles. The van der Waals surface area contributed by atoms with Crippen LogP contribution in [0, 0.1) is 5.82 Å². The fraction of sp³-hybridized carbons (Fsp3) is 0.364. The minimum atomic E-state index is -0.539. The van der Waals surface area contributed by atoms with Crippen molar-refractivity contribution in [1.82, 2.24) is 0 Å². The number of carbonyl (C=O) groups excluding carboxylic acids is 1. The molecular formula is C11H13FO2. The van der Waals surface area contributed by atoms with E-state index in [-0.39, 0.29) is 5.56 Å². The first-order chi connectivity index (χ1) is 6.51.